The van der Waals surface area contributed by atoms with E-state index in [-0.39, 0.29) is 0 Å². The molecule has 0 unspecified atom stereocenters. The molecule has 2 aliphatic rings. The number of allylic oxidation sites excluding steroid dienone is 2. The van der Waals surface area contributed by atoms with Crippen molar-refractivity contribution in [2.75, 3.05) is 0 Å². The average Bonchev–Trinajstić information content (AvgIpc) is 3.35. The second-order valence-corrected chi connectivity index (χ2v) is 10.1. The SMILES string of the molecule is CC1=C(c2ccncc2)C(C)=[N+]2C1=C(c1ccc(C(F)(F)F)cc1)c1c(C)c(-c3ccncc3)c(C)n1[B-]2(F)F. The molecule has 5 heterocycles. The van der Waals surface area contributed by atoms with Crippen molar-refractivity contribution < 1.29 is 26.3 Å². The van der Waals surface area contributed by atoms with Gasteiger partial charge >= 0.3 is 13.1 Å². The predicted octanol–water partition coefficient (Wildman–Crippen LogP) is 7.54. The molecule has 3 aromatic heterocycles. The van der Waals surface area contributed by atoms with Gasteiger partial charge in [0.05, 0.1) is 16.7 Å². The third-order valence-corrected chi connectivity index (χ3v) is 7.92. The van der Waals surface area contributed by atoms with Gasteiger partial charge in [0.25, 0.3) is 0 Å². The van der Waals surface area contributed by atoms with E-state index in [0.29, 0.717) is 56.2 Å². The van der Waals surface area contributed by atoms with Gasteiger partial charge in [0.1, 0.15) is 5.71 Å². The van der Waals surface area contributed by atoms with Gasteiger partial charge in [-0.15, -0.1) is 0 Å². The van der Waals surface area contributed by atoms with Crippen LogP contribution in [0, 0.1) is 13.8 Å². The number of benzene rings is 1. The van der Waals surface area contributed by atoms with Crippen LogP contribution in [0.4, 0.5) is 21.8 Å². The molecule has 0 radical (unpaired) electrons. The summed E-state index contributed by atoms with van der Waals surface area (Å²) in [5, 5.41) is 0. The molecule has 40 heavy (non-hydrogen) atoms. The fourth-order valence-electron chi connectivity index (χ4n) is 6.32. The smallest absolute Gasteiger partial charge is 0.393 e. The number of alkyl halides is 3. The van der Waals surface area contributed by atoms with E-state index >= 15 is 8.63 Å². The van der Waals surface area contributed by atoms with E-state index in [1.54, 1.807) is 76.7 Å². The highest BCUT2D eigenvalue weighted by atomic mass is 19.4. The van der Waals surface area contributed by atoms with Crippen molar-refractivity contribution in [3.05, 3.63) is 118 Å². The standard InChI is InChI=1S/C30H24BF5N4/c1-17-25(22-9-13-37-14-10-22)19(3)39-28(17)27(21-5-7-24(8-6-21)30(32,33)34)29-18(2)26(23-11-15-38-16-12-23)20(4)40(29)31(39,35)36/h5-16H,1-4H3. The van der Waals surface area contributed by atoms with E-state index in [4.69, 9.17) is 0 Å². The summed E-state index contributed by atoms with van der Waals surface area (Å²) in [6.07, 6.45) is 1.90. The summed E-state index contributed by atoms with van der Waals surface area (Å²) in [6.45, 7) is 2.53. The molecule has 0 bridgehead atoms. The van der Waals surface area contributed by atoms with Gasteiger partial charge in [-0.3, -0.25) is 9.97 Å². The molecule has 0 amide bonds. The van der Waals surface area contributed by atoms with Crippen LogP contribution in [0.15, 0.2) is 84.6 Å². The summed E-state index contributed by atoms with van der Waals surface area (Å²) in [5.74, 6) is 0. The predicted molar refractivity (Wildman–Crippen MR) is 146 cm³/mol. The van der Waals surface area contributed by atoms with Gasteiger partial charge in [-0.2, -0.15) is 13.2 Å². The molecule has 0 fully saturated rings. The number of halogens is 5. The minimum Gasteiger partial charge on any atom is -0.393 e. The van der Waals surface area contributed by atoms with Crippen molar-refractivity contribution in [1.29, 1.82) is 0 Å². The van der Waals surface area contributed by atoms with Gasteiger partial charge in [0.15, 0.2) is 5.70 Å². The first-order chi connectivity index (χ1) is 18.9. The highest BCUT2D eigenvalue weighted by Crippen LogP contribution is 2.49. The van der Waals surface area contributed by atoms with Crippen LogP contribution in [0.3, 0.4) is 0 Å². The lowest BCUT2D eigenvalue weighted by Gasteiger charge is -2.34. The van der Waals surface area contributed by atoms with E-state index in [1.807, 2.05) is 0 Å². The molecule has 10 heteroatoms. The van der Waals surface area contributed by atoms with Crippen LogP contribution in [0.5, 0.6) is 0 Å². The number of hydrogen-bond acceptors (Lipinski definition) is 2. The Labute approximate surface area is 227 Å². The maximum atomic E-state index is 16.8. The number of fused-ring (bicyclic) bond motifs is 2. The normalized spacial score (nSPS) is 16.5. The fourth-order valence-corrected chi connectivity index (χ4v) is 6.32. The second kappa shape index (κ2) is 8.84. The number of aromatic nitrogens is 3. The van der Waals surface area contributed by atoms with E-state index in [1.165, 1.54) is 12.1 Å². The number of nitrogens with zero attached hydrogens (tertiary/aromatic N) is 4. The third-order valence-electron chi connectivity index (χ3n) is 7.92. The maximum Gasteiger partial charge on any atom is 0.737 e. The molecule has 0 spiro atoms. The monoisotopic (exact) mass is 546 g/mol. The Balaban J connectivity index is 1.74. The Kier molecular flexibility index (Phi) is 5.73. The van der Waals surface area contributed by atoms with Crippen LogP contribution in [0.2, 0.25) is 0 Å². The van der Waals surface area contributed by atoms with Crippen LogP contribution >= 0.6 is 0 Å². The topological polar surface area (TPSA) is 33.7 Å². The van der Waals surface area contributed by atoms with E-state index in [2.05, 4.69) is 9.97 Å². The molecular formula is C30H24BF5N4. The van der Waals surface area contributed by atoms with E-state index in [9.17, 15) is 13.2 Å². The molecule has 6 rings (SSSR count). The van der Waals surface area contributed by atoms with E-state index < -0.39 is 18.7 Å². The largest absolute Gasteiger partial charge is 0.737 e. The molecule has 0 N–H and O–H groups in total. The number of rotatable bonds is 3. The van der Waals surface area contributed by atoms with Crippen molar-refractivity contribution in [2.24, 2.45) is 0 Å². The lowest BCUT2D eigenvalue weighted by Crippen LogP contribution is -2.51. The van der Waals surface area contributed by atoms with Crippen LogP contribution < -0.4 is 0 Å². The van der Waals surface area contributed by atoms with Gasteiger partial charge in [0.2, 0.25) is 0 Å². The molecule has 0 aliphatic carbocycles. The minimum absolute atomic E-state index is 0.295. The number of hydrogen-bond donors (Lipinski definition) is 0. The van der Waals surface area contributed by atoms with Crippen molar-refractivity contribution >= 4 is 23.8 Å². The molecule has 4 aromatic rings. The molecule has 0 saturated heterocycles. The highest BCUT2D eigenvalue weighted by molar-refractivity contribution is 6.59. The molecule has 1 aromatic carbocycles. The van der Waals surface area contributed by atoms with Crippen molar-refractivity contribution in [3.8, 4) is 11.1 Å². The first-order valence-corrected chi connectivity index (χ1v) is 12.8. The summed E-state index contributed by atoms with van der Waals surface area (Å²) in [5.41, 5.74) is 5.43. The Morgan fingerprint density at radius 1 is 0.725 bits per heavy atom. The Hall–Kier alpha value is -4.34. The van der Waals surface area contributed by atoms with Gasteiger partial charge in [-0.05, 0) is 85.1 Å². The van der Waals surface area contributed by atoms with Gasteiger partial charge in [0, 0.05) is 48.5 Å². The van der Waals surface area contributed by atoms with Gasteiger partial charge in [-0.1, -0.05) is 12.1 Å². The quantitative estimate of drug-likeness (QED) is 0.197. The van der Waals surface area contributed by atoms with Crippen LogP contribution in [-0.4, -0.2) is 31.6 Å². The van der Waals surface area contributed by atoms with Crippen LogP contribution in [-0.2, 0) is 6.18 Å². The average molecular weight is 546 g/mol. The van der Waals surface area contributed by atoms with Crippen molar-refractivity contribution in [1.82, 2.24) is 14.4 Å². The molecule has 0 saturated carbocycles. The summed E-state index contributed by atoms with van der Waals surface area (Å²) < 4.78 is 76.1. The Bertz CT molecular complexity index is 1760. The maximum absolute atomic E-state index is 16.8. The summed E-state index contributed by atoms with van der Waals surface area (Å²) in [4.78, 5) is 8.12. The third kappa shape index (κ3) is 3.62. The minimum atomic E-state index is -4.52. The molecule has 0 atom stereocenters. The zero-order valence-electron chi connectivity index (χ0n) is 22.2. The molecular weight excluding hydrogens is 522 g/mol. The Morgan fingerprint density at radius 2 is 1.25 bits per heavy atom. The lowest BCUT2D eigenvalue weighted by atomic mass is 9.83. The fraction of sp³-hybridized carbons (Fsp3) is 0.167. The van der Waals surface area contributed by atoms with Gasteiger partial charge in [-0.25, -0.2) is 0 Å². The Morgan fingerprint density at radius 3 is 1.80 bits per heavy atom. The van der Waals surface area contributed by atoms with Crippen LogP contribution in [0.1, 0.15) is 47.5 Å². The van der Waals surface area contributed by atoms with Gasteiger partial charge < -0.3 is 17.6 Å². The van der Waals surface area contributed by atoms with Crippen molar-refractivity contribution in [3.63, 3.8) is 0 Å². The number of pyridine rings is 2. The van der Waals surface area contributed by atoms with E-state index in [0.717, 1.165) is 32.2 Å². The lowest BCUT2D eigenvalue weighted by molar-refractivity contribution is -0.363. The first kappa shape index (κ1) is 25.9. The highest BCUT2D eigenvalue weighted by Gasteiger charge is 2.57. The van der Waals surface area contributed by atoms with Crippen LogP contribution in [0.25, 0.3) is 22.3 Å². The zero-order chi connectivity index (χ0) is 28.6. The molecule has 202 valence electrons. The molecule has 2 aliphatic heterocycles. The van der Waals surface area contributed by atoms with Crippen molar-refractivity contribution in [2.45, 2.75) is 33.9 Å². The summed E-state index contributed by atoms with van der Waals surface area (Å²) >= 11 is 0. The second-order valence-electron chi connectivity index (χ2n) is 10.1. The molecule has 4 nitrogen and oxygen atoms in total. The summed E-state index contributed by atoms with van der Waals surface area (Å²) in [6, 6.07) is 11.8. The first-order valence-electron chi connectivity index (χ1n) is 12.8. The summed E-state index contributed by atoms with van der Waals surface area (Å²) in [7, 11) is 0. The zero-order valence-corrected chi connectivity index (χ0v) is 22.2.